The number of nitriles is 1. The van der Waals surface area contributed by atoms with E-state index in [-0.39, 0.29) is 5.56 Å². The molecule has 0 spiro atoms. The van der Waals surface area contributed by atoms with Crippen LogP contribution in [0.15, 0.2) is 54.9 Å². The Morgan fingerprint density at radius 2 is 2.00 bits per heavy atom. The van der Waals surface area contributed by atoms with Gasteiger partial charge in [-0.1, -0.05) is 0 Å². The molecular formula is C19H13FN4O2. The van der Waals surface area contributed by atoms with Crippen LogP contribution in [0.1, 0.15) is 15.9 Å². The molecule has 128 valence electrons. The third-order valence-corrected chi connectivity index (χ3v) is 3.55. The van der Waals surface area contributed by atoms with Crippen LogP contribution in [0.25, 0.3) is 11.3 Å². The van der Waals surface area contributed by atoms with Crippen LogP contribution in [0, 0.1) is 17.1 Å². The molecule has 1 aromatic carbocycles. The van der Waals surface area contributed by atoms with Gasteiger partial charge in [0, 0.05) is 23.4 Å². The highest BCUT2D eigenvalue weighted by molar-refractivity contribution is 6.04. The van der Waals surface area contributed by atoms with Gasteiger partial charge >= 0.3 is 0 Å². The maximum atomic E-state index is 14.0. The van der Waals surface area contributed by atoms with E-state index in [1.54, 1.807) is 24.3 Å². The molecule has 3 aromatic rings. The van der Waals surface area contributed by atoms with Crippen molar-refractivity contribution in [2.75, 3.05) is 12.4 Å². The Morgan fingerprint density at radius 3 is 2.62 bits per heavy atom. The molecule has 0 bridgehead atoms. The zero-order valence-corrected chi connectivity index (χ0v) is 13.7. The summed E-state index contributed by atoms with van der Waals surface area (Å²) in [7, 11) is 1.49. The van der Waals surface area contributed by atoms with Gasteiger partial charge in [-0.25, -0.2) is 9.37 Å². The molecule has 0 saturated heterocycles. The quantitative estimate of drug-likeness (QED) is 0.780. The van der Waals surface area contributed by atoms with Crippen molar-refractivity contribution in [1.29, 1.82) is 5.26 Å². The summed E-state index contributed by atoms with van der Waals surface area (Å²) in [6.07, 6.45) is 2.84. The van der Waals surface area contributed by atoms with Crippen LogP contribution < -0.4 is 10.1 Å². The van der Waals surface area contributed by atoms with Crippen molar-refractivity contribution in [3.63, 3.8) is 0 Å². The van der Waals surface area contributed by atoms with Crippen LogP contribution in [0.3, 0.4) is 0 Å². The normalized spacial score (nSPS) is 10.0. The highest BCUT2D eigenvalue weighted by Gasteiger charge is 2.11. The lowest BCUT2D eigenvalue weighted by Gasteiger charge is -2.08. The summed E-state index contributed by atoms with van der Waals surface area (Å²) in [6.45, 7) is 0. The second-order valence-corrected chi connectivity index (χ2v) is 5.32. The van der Waals surface area contributed by atoms with Gasteiger partial charge in [-0.05, 0) is 36.4 Å². The lowest BCUT2D eigenvalue weighted by atomic mass is 10.1. The van der Waals surface area contributed by atoms with Gasteiger partial charge < -0.3 is 10.1 Å². The van der Waals surface area contributed by atoms with Crippen molar-refractivity contribution in [3.05, 3.63) is 71.8 Å². The van der Waals surface area contributed by atoms with E-state index >= 15 is 0 Å². The number of benzene rings is 1. The van der Waals surface area contributed by atoms with Crippen molar-refractivity contribution >= 4 is 11.6 Å². The van der Waals surface area contributed by atoms with Gasteiger partial charge in [0.05, 0.1) is 30.3 Å². The molecule has 0 atom stereocenters. The summed E-state index contributed by atoms with van der Waals surface area (Å²) in [5.41, 5.74) is 1.89. The minimum Gasteiger partial charge on any atom is -0.481 e. The van der Waals surface area contributed by atoms with E-state index in [9.17, 15) is 9.18 Å². The standard InChI is InChI=1S/C19H13FN4O2/c1-26-18-5-3-16(11-23-18)24-19(25)14-6-13(7-15(20)8-14)17-4-2-12(9-21)10-22-17/h2-8,10-11H,1H3,(H,24,25). The Labute approximate surface area is 148 Å². The first-order chi connectivity index (χ1) is 12.6. The van der Waals surface area contributed by atoms with E-state index in [4.69, 9.17) is 10.00 Å². The Hall–Kier alpha value is -3.79. The highest BCUT2D eigenvalue weighted by Crippen LogP contribution is 2.21. The number of hydrogen-bond donors (Lipinski definition) is 1. The number of ether oxygens (including phenoxy) is 1. The molecule has 0 aliphatic rings. The van der Waals surface area contributed by atoms with E-state index in [1.807, 2.05) is 6.07 Å². The molecule has 26 heavy (non-hydrogen) atoms. The zero-order chi connectivity index (χ0) is 18.5. The van der Waals surface area contributed by atoms with Crippen LogP contribution in [0.5, 0.6) is 5.88 Å². The molecule has 0 unspecified atom stereocenters. The average molecular weight is 348 g/mol. The number of halogens is 1. The number of methoxy groups -OCH3 is 1. The summed E-state index contributed by atoms with van der Waals surface area (Å²) < 4.78 is 18.9. The van der Waals surface area contributed by atoms with E-state index in [0.29, 0.717) is 28.4 Å². The van der Waals surface area contributed by atoms with Crippen molar-refractivity contribution in [1.82, 2.24) is 9.97 Å². The number of nitrogens with one attached hydrogen (secondary N) is 1. The predicted octanol–water partition coefficient (Wildman–Crippen LogP) is 3.42. The number of aromatic nitrogens is 2. The average Bonchev–Trinajstić information content (AvgIpc) is 2.68. The number of amides is 1. The first-order valence-corrected chi connectivity index (χ1v) is 7.57. The predicted molar refractivity (Wildman–Crippen MR) is 93.1 cm³/mol. The van der Waals surface area contributed by atoms with E-state index in [2.05, 4.69) is 15.3 Å². The lowest BCUT2D eigenvalue weighted by molar-refractivity contribution is 0.102. The zero-order valence-electron chi connectivity index (χ0n) is 13.7. The van der Waals surface area contributed by atoms with Gasteiger partial charge in [0.2, 0.25) is 5.88 Å². The van der Waals surface area contributed by atoms with Crippen LogP contribution in [0.4, 0.5) is 10.1 Å². The maximum Gasteiger partial charge on any atom is 0.255 e. The molecule has 2 aromatic heterocycles. The molecule has 7 heteroatoms. The SMILES string of the molecule is COc1ccc(NC(=O)c2cc(F)cc(-c3ccc(C#N)cn3)c2)cn1. The Kier molecular flexibility index (Phi) is 4.85. The van der Waals surface area contributed by atoms with Crippen molar-refractivity contribution in [2.24, 2.45) is 0 Å². The van der Waals surface area contributed by atoms with Crippen molar-refractivity contribution in [3.8, 4) is 23.2 Å². The summed E-state index contributed by atoms with van der Waals surface area (Å²) in [4.78, 5) is 20.5. The number of pyridine rings is 2. The Bertz CT molecular complexity index is 980. The van der Waals surface area contributed by atoms with Crippen LogP contribution in [0.2, 0.25) is 0 Å². The highest BCUT2D eigenvalue weighted by atomic mass is 19.1. The van der Waals surface area contributed by atoms with Crippen molar-refractivity contribution in [2.45, 2.75) is 0 Å². The molecule has 0 fully saturated rings. The van der Waals surface area contributed by atoms with Crippen molar-refractivity contribution < 1.29 is 13.9 Å². The Balaban J connectivity index is 1.86. The number of hydrogen-bond acceptors (Lipinski definition) is 5. The Morgan fingerprint density at radius 1 is 1.15 bits per heavy atom. The van der Waals surface area contributed by atoms with Gasteiger partial charge in [-0.3, -0.25) is 9.78 Å². The first kappa shape index (κ1) is 17.0. The van der Waals surface area contributed by atoms with Crippen LogP contribution >= 0.6 is 0 Å². The number of carbonyl (C=O) groups is 1. The van der Waals surface area contributed by atoms with Gasteiger partial charge in [-0.15, -0.1) is 0 Å². The molecular weight excluding hydrogens is 335 g/mol. The molecule has 0 aliphatic carbocycles. The largest absolute Gasteiger partial charge is 0.481 e. The number of rotatable bonds is 4. The third-order valence-electron chi connectivity index (χ3n) is 3.55. The maximum absolute atomic E-state index is 14.0. The first-order valence-electron chi connectivity index (χ1n) is 7.57. The number of nitrogens with zero attached hydrogens (tertiary/aromatic N) is 3. The molecule has 0 radical (unpaired) electrons. The monoisotopic (exact) mass is 348 g/mol. The van der Waals surface area contributed by atoms with Gasteiger partial charge in [0.15, 0.2) is 0 Å². The van der Waals surface area contributed by atoms with E-state index in [0.717, 1.165) is 6.07 Å². The molecule has 0 saturated carbocycles. The topological polar surface area (TPSA) is 87.9 Å². The van der Waals surface area contributed by atoms with E-state index < -0.39 is 11.7 Å². The van der Waals surface area contributed by atoms with Crippen LogP contribution in [-0.4, -0.2) is 23.0 Å². The smallest absolute Gasteiger partial charge is 0.255 e. The fourth-order valence-electron chi connectivity index (χ4n) is 2.28. The molecule has 6 nitrogen and oxygen atoms in total. The number of anilines is 1. The minimum atomic E-state index is -0.563. The fraction of sp³-hybridized carbons (Fsp3) is 0.0526. The number of carbonyl (C=O) groups excluding carboxylic acids is 1. The summed E-state index contributed by atoms with van der Waals surface area (Å²) >= 11 is 0. The summed E-state index contributed by atoms with van der Waals surface area (Å²) in [5.74, 6) is -0.624. The molecule has 2 heterocycles. The molecule has 1 N–H and O–H groups in total. The second-order valence-electron chi connectivity index (χ2n) is 5.32. The van der Waals surface area contributed by atoms with E-state index in [1.165, 1.54) is 31.6 Å². The van der Waals surface area contributed by atoms with Gasteiger partial charge in [-0.2, -0.15) is 5.26 Å². The van der Waals surface area contributed by atoms with Crippen LogP contribution in [-0.2, 0) is 0 Å². The summed E-state index contributed by atoms with van der Waals surface area (Å²) in [6, 6.07) is 12.3. The second kappa shape index (κ2) is 7.40. The van der Waals surface area contributed by atoms with Gasteiger partial charge in [0.1, 0.15) is 11.9 Å². The lowest BCUT2D eigenvalue weighted by Crippen LogP contribution is -2.12. The third kappa shape index (κ3) is 3.82. The fourth-order valence-corrected chi connectivity index (χ4v) is 2.28. The molecule has 3 rings (SSSR count). The minimum absolute atomic E-state index is 0.141. The molecule has 1 amide bonds. The molecule has 0 aliphatic heterocycles. The van der Waals surface area contributed by atoms with Gasteiger partial charge in [0.25, 0.3) is 5.91 Å². The summed E-state index contributed by atoms with van der Waals surface area (Å²) in [5, 5.41) is 11.5.